The van der Waals surface area contributed by atoms with Crippen LogP contribution >= 0.6 is 0 Å². The van der Waals surface area contributed by atoms with E-state index in [2.05, 4.69) is 52.0 Å². The number of aliphatic carboxylic acids is 1. The minimum Gasteiger partial charge on any atom is -0.870 e. The van der Waals surface area contributed by atoms with Crippen molar-refractivity contribution in [2.75, 3.05) is 6.61 Å². The van der Waals surface area contributed by atoms with Crippen molar-refractivity contribution in [1.82, 2.24) is 53.9 Å². The fraction of sp³-hybridized carbons (Fsp3) is 0.297. The number of carbonyl (C=O) groups is 2. The van der Waals surface area contributed by atoms with Crippen molar-refractivity contribution < 1.29 is 24.9 Å². The number of rotatable bonds is 9. The molecule has 0 aromatic carbocycles. The van der Waals surface area contributed by atoms with Gasteiger partial charge in [0.15, 0.2) is 29.1 Å². The Morgan fingerprint density at radius 1 is 0.607 bits per heavy atom. The summed E-state index contributed by atoms with van der Waals surface area (Å²) in [5.41, 5.74) is 3.31. The molecule has 5 N–H and O–H groups in total. The Labute approximate surface area is 324 Å². The highest BCUT2D eigenvalue weighted by Gasteiger charge is 2.14. The molecule has 5 aromatic heterocycles. The second kappa shape index (κ2) is 22.4. The van der Waals surface area contributed by atoms with Crippen LogP contribution in [0, 0.1) is 0 Å². The fourth-order valence-electron chi connectivity index (χ4n) is 5.20. The van der Waals surface area contributed by atoms with Gasteiger partial charge >= 0.3 is 11.9 Å². The molecule has 19 heteroatoms. The molecule has 0 bridgehead atoms. The van der Waals surface area contributed by atoms with Gasteiger partial charge < -0.3 is 44.3 Å². The Bertz CT molecular complexity index is 2160. The van der Waals surface area contributed by atoms with Gasteiger partial charge in [-0.2, -0.15) is 0 Å². The van der Waals surface area contributed by atoms with Crippen molar-refractivity contribution in [2.45, 2.75) is 46.7 Å². The van der Waals surface area contributed by atoms with Crippen LogP contribution < -0.4 is 6.15 Å². The highest BCUT2D eigenvalue weighted by molar-refractivity contribution is 6.44. The van der Waals surface area contributed by atoms with Gasteiger partial charge in [0, 0.05) is 121 Å². The van der Waals surface area contributed by atoms with Gasteiger partial charge in [-0.3, -0.25) is 24.6 Å². The number of carboxylic acids is 1. The lowest BCUT2D eigenvalue weighted by Gasteiger charge is -2.06. The maximum absolute atomic E-state index is 11.4. The molecule has 8 heterocycles. The molecule has 5 aromatic rings. The van der Waals surface area contributed by atoms with Gasteiger partial charge in [-0.25, -0.2) is 24.9 Å². The molecule has 19 nitrogen and oxygen atoms in total. The van der Waals surface area contributed by atoms with Gasteiger partial charge in [-0.15, -0.1) is 0 Å². The third-order valence-corrected chi connectivity index (χ3v) is 7.74. The van der Waals surface area contributed by atoms with Crippen LogP contribution in [0.3, 0.4) is 0 Å². The SMILES string of the molecule is C.C1=CN=C(C2=NC=CC2)C1.CCOC(=O)Cn1ccnc1-c1nccn1C.Cn1ccnc1-c1nccn1CC(=O)O.Cn1ccnc1C1=NC=CC1.N.[OH-]. The fourth-order valence-corrected chi connectivity index (χ4v) is 5.20. The zero-order chi connectivity index (χ0) is 37.6. The molecule has 0 aliphatic carbocycles. The van der Waals surface area contributed by atoms with E-state index in [0.29, 0.717) is 24.1 Å². The van der Waals surface area contributed by atoms with Crippen LogP contribution in [0.25, 0.3) is 23.3 Å². The molecule has 0 atom stereocenters. The average molecular weight is 770 g/mol. The minimum atomic E-state index is -0.900. The smallest absolute Gasteiger partial charge is 0.326 e. The van der Waals surface area contributed by atoms with Crippen LogP contribution in [0.2, 0.25) is 0 Å². The summed E-state index contributed by atoms with van der Waals surface area (Å²) >= 11 is 0. The van der Waals surface area contributed by atoms with Crippen molar-refractivity contribution in [3.8, 4) is 23.3 Å². The molecule has 0 saturated carbocycles. The molecular weight excluding hydrogens is 720 g/mol. The number of allylic oxidation sites excluding steroid dienone is 3. The topological polar surface area (TPSA) is 255 Å². The Morgan fingerprint density at radius 3 is 1.34 bits per heavy atom. The first kappa shape index (κ1) is 45.3. The number of ether oxygens (including phenoxy) is 1. The molecule has 298 valence electrons. The molecule has 0 saturated heterocycles. The van der Waals surface area contributed by atoms with Crippen molar-refractivity contribution in [1.29, 1.82) is 0 Å². The van der Waals surface area contributed by atoms with Crippen LogP contribution in [0.4, 0.5) is 0 Å². The molecule has 3 aliphatic rings. The van der Waals surface area contributed by atoms with Crippen LogP contribution in [-0.4, -0.2) is 94.0 Å². The number of aromatic nitrogens is 10. The third kappa shape index (κ3) is 12.1. The molecule has 3 aliphatic heterocycles. The number of hydrogen-bond donors (Lipinski definition) is 2. The zero-order valence-electron chi connectivity index (χ0n) is 31.1. The third-order valence-electron chi connectivity index (χ3n) is 7.74. The Balaban J connectivity index is 0.000000258. The van der Waals surface area contributed by atoms with E-state index in [1.807, 2.05) is 67.3 Å². The van der Waals surface area contributed by atoms with Gasteiger partial charge in [-0.1, -0.05) is 25.7 Å². The standard InChI is InChI=1S/C11H14N4O2.C9H10N4O2.C8H9N3.C8H8N2.CH4.H3N.H2O/c1-3-17-9(16)8-15-7-5-13-11(15)10-12-4-6-14(10)2;1-12-4-2-10-8(12)9-11-3-5-13(9)6-7(14)15;1-11-6-5-10-8(11)7-3-2-4-9-7;1-3-7(9-5-1)8-4-2-6-10-8;;;/h4-7H,3,8H2,1-2H3;2-5H,6H2,1H3,(H,14,15);2,4-6H,3H2,1H3;1-2,5-6H,3-4H2;1H4;1H3;1H2/p-1. The molecule has 0 spiro atoms. The molecule has 56 heavy (non-hydrogen) atoms. The highest BCUT2D eigenvalue weighted by atomic mass is 16.5. The monoisotopic (exact) mass is 769 g/mol. The van der Waals surface area contributed by atoms with Crippen molar-refractivity contribution in [3.05, 3.63) is 105 Å². The first-order chi connectivity index (χ1) is 25.7. The molecule has 0 radical (unpaired) electrons. The second-order valence-electron chi connectivity index (χ2n) is 11.5. The van der Waals surface area contributed by atoms with E-state index < -0.39 is 5.97 Å². The van der Waals surface area contributed by atoms with Gasteiger partial charge in [0.1, 0.15) is 13.1 Å². The maximum Gasteiger partial charge on any atom is 0.326 e. The Kier molecular flexibility index (Phi) is 18.1. The number of imidazole rings is 5. The average Bonchev–Trinajstić information content (AvgIpc) is 3.96. The molecule has 0 unspecified atom stereocenters. The van der Waals surface area contributed by atoms with E-state index in [1.54, 1.807) is 70.2 Å². The van der Waals surface area contributed by atoms with E-state index in [9.17, 15) is 9.59 Å². The highest BCUT2D eigenvalue weighted by Crippen LogP contribution is 2.15. The molecule has 0 fully saturated rings. The number of esters is 1. The van der Waals surface area contributed by atoms with Gasteiger partial charge in [0.2, 0.25) is 0 Å². The number of carbonyl (C=O) groups excluding carboxylic acids is 1. The quantitative estimate of drug-likeness (QED) is 0.195. The van der Waals surface area contributed by atoms with E-state index in [0.717, 1.165) is 48.0 Å². The molecule has 0 amide bonds. The van der Waals surface area contributed by atoms with Crippen molar-refractivity contribution in [3.63, 3.8) is 0 Å². The predicted molar refractivity (Wildman–Crippen MR) is 213 cm³/mol. The van der Waals surface area contributed by atoms with E-state index in [1.165, 1.54) is 0 Å². The lowest BCUT2D eigenvalue weighted by Crippen LogP contribution is -2.14. The number of hydrogen-bond acceptors (Lipinski definition) is 13. The second-order valence-corrected chi connectivity index (χ2v) is 11.5. The molecular formula is C37H49N14O5-. The summed E-state index contributed by atoms with van der Waals surface area (Å²) in [5.74, 6) is 2.38. The Hall–Kier alpha value is -6.86. The lowest BCUT2D eigenvalue weighted by atomic mass is 10.1. The van der Waals surface area contributed by atoms with Crippen LogP contribution in [0.5, 0.6) is 0 Å². The summed E-state index contributed by atoms with van der Waals surface area (Å²) < 4.78 is 13.8. The minimum absolute atomic E-state index is 0. The van der Waals surface area contributed by atoms with Gasteiger partial charge in [-0.05, 0) is 6.92 Å². The summed E-state index contributed by atoms with van der Waals surface area (Å²) in [6.07, 6.45) is 31.7. The largest absolute Gasteiger partial charge is 0.870 e. The van der Waals surface area contributed by atoms with E-state index in [-0.39, 0.29) is 38.1 Å². The van der Waals surface area contributed by atoms with Gasteiger partial charge in [0.05, 0.1) is 23.7 Å². The maximum atomic E-state index is 11.4. The lowest BCUT2D eigenvalue weighted by molar-refractivity contribution is -0.143. The van der Waals surface area contributed by atoms with Crippen LogP contribution in [0.15, 0.2) is 114 Å². The van der Waals surface area contributed by atoms with E-state index in [4.69, 9.17) is 9.84 Å². The normalized spacial score (nSPS) is 12.9. The Morgan fingerprint density at radius 2 is 0.982 bits per heavy atom. The number of aryl methyl sites for hydroxylation is 3. The van der Waals surface area contributed by atoms with Crippen LogP contribution in [-0.2, 0) is 48.6 Å². The number of aliphatic imine (C=N–C) groups is 3. The van der Waals surface area contributed by atoms with Crippen molar-refractivity contribution in [2.24, 2.45) is 36.1 Å². The zero-order valence-corrected chi connectivity index (χ0v) is 31.1. The summed E-state index contributed by atoms with van der Waals surface area (Å²) in [5, 5.41) is 8.70. The summed E-state index contributed by atoms with van der Waals surface area (Å²) in [7, 11) is 5.69. The summed E-state index contributed by atoms with van der Waals surface area (Å²) in [4.78, 5) is 55.4. The van der Waals surface area contributed by atoms with E-state index >= 15 is 0 Å². The van der Waals surface area contributed by atoms with Crippen LogP contribution in [0.1, 0.15) is 39.4 Å². The predicted octanol–water partition coefficient (Wildman–Crippen LogP) is 4.67. The first-order valence-corrected chi connectivity index (χ1v) is 16.7. The molecule has 8 rings (SSSR count). The number of carboxylic acid groups (broad SMARTS) is 1. The van der Waals surface area contributed by atoms with Gasteiger partial charge in [0.25, 0.3) is 0 Å². The summed E-state index contributed by atoms with van der Waals surface area (Å²) in [6.45, 7) is 2.20. The number of nitrogens with zero attached hydrogens (tertiary/aromatic N) is 13. The first-order valence-electron chi connectivity index (χ1n) is 16.7. The summed E-state index contributed by atoms with van der Waals surface area (Å²) in [6, 6.07) is 0. The van der Waals surface area contributed by atoms with Crippen molar-refractivity contribution >= 4 is 29.1 Å².